The predicted molar refractivity (Wildman–Crippen MR) is 106 cm³/mol. The van der Waals surface area contributed by atoms with Crippen molar-refractivity contribution >= 4 is 39.0 Å². The predicted octanol–water partition coefficient (Wildman–Crippen LogP) is 5.21. The van der Waals surface area contributed by atoms with Crippen LogP contribution in [0.4, 0.5) is 5.69 Å². The molecule has 0 unspecified atom stereocenters. The molecule has 1 amide bonds. The van der Waals surface area contributed by atoms with Crippen LogP contribution in [0, 0.1) is 0 Å². The first-order chi connectivity index (χ1) is 12.5. The third-order valence-corrected chi connectivity index (χ3v) is 5.22. The Morgan fingerprint density at radius 2 is 1.69 bits per heavy atom. The van der Waals surface area contributed by atoms with Crippen LogP contribution in [0.1, 0.15) is 41.9 Å². The molecule has 0 saturated heterocycles. The van der Waals surface area contributed by atoms with E-state index in [9.17, 15) is 9.59 Å². The lowest BCUT2D eigenvalue weighted by atomic mass is 10.0. The summed E-state index contributed by atoms with van der Waals surface area (Å²) in [6, 6.07) is 17.2. The zero-order chi connectivity index (χ0) is 18.7. The molecular weight excluding hydrogens is 346 g/mol. The Morgan fingerprint density at radius 3 is 2.42 bits per heavy atom. The molecule has 1 aromatic heterocycles. The van der Waals surface area contributed by atoms with Gasteiger partial charge in [0.25, 0.3) is 5.91 Å². The van der Waals surface area contributed by atoms with Crippen LogP contribution >= 0.6 is 11.3 Å². The van der Waals surface area contributed by atoms with Crippen LogP contribution in [-0.4, -0.2) is 18.0 Å². The van der Waals surface area contributed by atoms with Crippen LogP contribution in [0.3, 0.4) is 0 Å². The molecule has 0 aliphatic heterocycles. The van der Waals surface area contributed by atoms with Crippen LogP contribution < -0.4 is 5.32 Å². The number of nitrogens with one attached hydrogen (secondary N) is 1. The van der Waals surface area contributed by atoms with Crippen molar-refractivity contribution in [2.45, 2.75) is 32.8 Å². The van der Waals surface area contributed by atoms with E-state index in [1.54, 1.807) is 13.0 Å². The molecule has 0 aliphatic carbocycles. The Morgan fingerprint density at radius 1 is 1.00 bits per heavy atom. The number of benzene rings is 2. The van der Waals surface area contributed by atoms with Gasteiger partial charge in [-0.15, -0.1) is 11.3 Å². The lowest BCUT2D eigenvalue weighted by Crippen LogP contribution is -2.30. The molecule has 134 valence electrons. The summed E-state index contributed by atoms with van der Waals surface area (Å²) in [4.78, 5) is 25.3. The van der Waals surface area contributed by atoms with E-state index in [4.69, 9.17) is 4.74 Å². The minimum absolute atomic E-state index is 0.280. The highest BCUT2D eigenvalue weighted by molar-refractivity contribution is 7.20. The second kappa shape index (κ2) is 7.70. The highest BCUT2D eigenvalue weighted by Gasteiger charge is 2.21. The summed E-state index contributed by atoms with van der Waals surface area (Å²) in [5.41, 5.74) is 1.79. The van der Waals surface area contributed by atoms with Crippen LogP contribution in [-0.2, 0) is 9.53 Å². The molecule has 0 spiro atoms. The van der Waals surface area contributed by atoms with Gasteiger partial charge < -0.3 is 10.1 Å². The Labute approximate surface area is 156 Å². The second-order valence-corrected chi connectivity index (χ2v) is 7.51. The lowest BCUT2D eigenvalue weighted by molar-refractivity contribution is -0.123. The largest absolute Gasteiger partial charge is 0.448 e. The molecule has 0 fully saturated rings. The fraction of sp³-hybridized carbons (Fsp3) is 0.238. The summed E-state index contributed by atoms with van der Waals surface area (Å²) >= 11 is 1.36. The molecule has 3 rings (SSSR count). The molecule has 1 N–H and O–H groups in total. The van der Waals surface area contributed by atoms with Gasteiger partial charge in [-0.2, -0.15) is 0 Å². The molecule has 1 atom stereocenters. The van der Waals surface area contributed by atoms with E-state index >= 15 is 0 Å². The van der Waals surface area contributed by atoms with E-state index in [0.29, 0.717) is 4.88 Å². The van der Waals surface area contributed by atoms with Crippen molar-refractivity contribution in [1.29, 1.82) is 0 Å². The number of ether oxygens (including phenoxy) is 1. The van der Waals surface area contributed by atoms with Gasteiger partial charge >= 0.3 is 5.97 Å². The number of rotatable bonds is 5. The third-order valence-electron chi connectivity index (χ3n) is 4.12. The minimum Gasteiger partial charge on any atom is -0.448 e. The number of fused-ring (bicyclic) bond motifs is 1. The van der Waals surface area contributed by atoms with Crippen molar-refractivity contribution < 1.29 is 14.3 Å². The van der Waals surface area contributed by atoms with Gasteiger partial charge in [0.1, 0.15) is 4.88 Å². The van der Waals surface area contributed by atoms with Crippen molar-refractivity contribution in [2.24, 2.45) is 0 Å². The number of para-hydroxylation sites is 1. The minimum atomic E-state index is -0.882. The summed E-state index contributed by atoms with van der Waals surface area (Å²) in [6.45, 7) is 5.71. The summed E-state index contributed by atoms with van der Waals surface area (Å²) in [5, 5.41) is 3.86. The zero-order valence-electron chi connectivity index (χ0n) is 15.0. The topological polar surface area (TPSA) is 55.4 Å². The van der Waals surface area contributed by atoms with E-state index < -0.39 is 12.1 Å². The summed E-state index contributed by atoms with van der Waals surface area (Å²) in [6.07, 6.45) is -0.882. The van der Waals surface area contributed by atoms with Crippen LogP contribution in [0.5, 0.6) is 0 Å². The molecule has 1 heterocycles. The number of esters is 1. The van der Waals surface area contributed by atoms with Gasteiger partial charge in [-0.1, -0.05) is 50.2 Å². The number of carbonyl (C=O) groups is 2. The Kier molecular flexibility index (Phi) is 5.38. The van der Waals surface area contributed by atoms with Gasteiger partial charge in [-0.05, 0) is 42.0 Å². The van der Waals surface area contributed by atoms with E-state index in [2.05, 4.69) is 19.2 Å². The number of anilines is 1. The normalized spacial score (nSPS) is 12.2. The second-order valence-electron chi connectivity index (χ2n) is 6.43. The van der Waals surface area contributed by atoms with Crippen LogP contribution in [0.15, 0.2) is 54.6 Å². The van der Waals surface area contributed by atoms with Gasteiger partial charge in [0.05, 0.1) is 0 Å². The van der Waals surface area contributed by atoms with Gasteiger partial charge in [0.2, 0.25) is 0 Å². The number of hydrogen-bond acceptors (Lipinski definition) is 4. The van der Waals surface area contributed by atoms with Gasteiger partial charge in [0, 0.05) is 10.4 Å². The fourth-order valence-corrected chi connectivity index (χ4v) is 3.65. The molecule has 26 heavy (non-hydrogen) atoms. The standard InChI is InChI=1S/C21H21NO3S/c1-13(2)16-9-5-6-10-17(16)22-20(23)14(3)25-21(24)19-12-15-8-4-7-11-18(15)26-19/h4-14H,1-3H3,(H,22,23)/t14-/m1/s1. The van der Waals surface area contributed by atoms with Crippen molar-refractivity contribution in [3.63, 3.8) is 0 Å². The van der Waals surface area contributed by atoms with Crippen molar-refractivity contribution in [3.05, 3.63) is 65.0 Å². The molecular formula is C21H21NO3S. The Bertz CT molecular complexity index is 912. The Balaban J connectivity index is 1.68. The zero-order valence-corrected chi connectivity index (χ0v) is 15.8. The fourth-order valence-electron chi connectivity index (χ4n) is 2.70. The summed E-state index contributed by atoms with van der Waals surface area (Å²) in [5.74, 6) is -0.540. The average Bonchev–Trinajstić information content (AvgIpc) is 3.06. The quantitative estimate of drug-likeness (QED) is 0.630. The molecule has 3 aromatic rings. The maximum absolute atomic E-state index is 12.4. The number of hydrogen-bond donors (Lipinski definition) is 1. The molecule has 0 saturated carbocycles. The van der Waals surface area contributed by atoms with E-state index in [0.717, 1.165) is 21.3 Å². The average molecular weight is 367 g/mol. The van der Waals surface area contributed by atoms with E-state index in [-0.39, 0.29) is 11.8 Å². The number of carbonyl (C=O) groups excluding carboxylic acids is 2. The van der Waals surface area contributed by atoms with Crippen LogP contribution in [0.2, 0.25) is 0 Å². The molecule has 0 bridgehead atoms. The molecule has 0 aliphatic rings. The summed E-state index contributed by atoms with van der Waals surface area (Å²) in [7, 11) is 0. The molecule has 2 aromatic carbocycles. The van der Waals surface area contributed by atoms with Gasteiger partial charge in [0.15, 0.2) is 6.10 Å². The van der Waals surface area contributed by atoms with Crippen molar-refractivity contribution in [3.8, 4) is 0 Å². The molecule has 0 radical (unpaired) electrons. The molecule has 4 nitrogen and oxygen atoms in total. The van der Waals surface area contributed by atoms with Gasteiger partial charge in [-0.3, -0.25) is 4.79 Å². The lowest BCUT2D eigenvalue weighted by Gasteiger charge is -2.16. The Hall–Kier alpha value is -2.66. The first kappa shape index (κ1) is 18.1. The van der Waals surface area contributed by atoms with E-state index in [1.165, 1.54) is 11.3 Å². The SMILES string of the molecule is CC(C)c1ccccc1NC(=O)[C@@H](C)OC(=O)c1cc2ccccc2s1. The number of thiophene rings is 1. The van der Waals surface area contributed by atoms with Gasteiger partial charge in [-0.25, -0.2) is 4.79 Å². The third kappa shape index (κ3) is 3.94. The highest BCUT2D eigenvalue weighted by atomic mass is 32.1. The smallest absolute Gasteiger partial charge is 0.349 e. The summed E-state index contributed by atoms with van der Waals surface area (Å²) < 4.78 is 6.38. The van der Waals surface area contributed by atoms with Crippen molar-refractivity contribution in [1.82, 2.24) is 0 Å². The highest BCUT2D eigenvalue weighted by Crippen LogP contribution is 2.27. The maximum Gasteiger partial charge on any atom is 0.349 e. The van der Waals surface area contributed by atoms with Crippen molar-refractivity contribution in [2.75, 3.05) is 5.32 Å². The first-order valence-corrected chi connectivity index (χ1v) is 9.36. The monoisotopic (exact) mass is 367 g/mol. The molecule has 5 heteroatoms. The maximum atomic E-state index is 12.4. The first-order valence-electron chi connectivity index (χ1n) is 8.55. The van der Waals surface area contributed by atoms with E-state index in [1.807, 2.05) is 48.5 Å². The number of amides is 1. The van der Waals surface area contributed by atoms with Crippen LogP contribution in [0.25, 0.3) is 10.1 Å².